The van der Waals surface area contributed by atoms with Crippen LogP contribution in [0.4, 0.5) is 4.79 Å². The largest absolute Gasteiger partial charge is 0.504 e. The van der Waals surface area contributed by atoms with E-state index in [1.807, 2.05) is 18.2 Å². The third-order valence-electron chi connectivity index (χ3n) is 6.56. The molecule has 1 amide bonds. The van der Waals surface area contributed by atoms with Gasteiger partial charge in [0, 0.05) is 50.4 Å². The van der Waals surface area contributed by atoms with Crippen LogP contribution < -0.4 is 19.6 Å². The van der Waals surface area contributed by atoms with Gasteiger partial charge in [0.25, 0.3) is 0 Å². The first-order valence-corrected chi connectivity index (χ1v) is 12.2. The molecule has 2 heterocycles. The Morgan fingerprint density at radius 1 is 0.947 bits per heavy atom. The molecular weight excluding hydrogens is 488 g/mol. The minimum Gasteiger partial charge on any atom is -0.504 e. The number of aromatic hydroxyl groups is 1. The number of ether oxygens (including phenoxy) is 3. The van der Waals surface area contributed by atoms with Gasteiger partial charge in [0.2, 0.25) is 5.75 Å². The van der Waals surface area contributed by atoms with Crippen molar-refractivity contribution < 1.29 is 28.5 Å². The molecule has 1 aliphatic rings. The van der Waals surface area contributed by atoms with Gasteiger partial charge in [-0.3, -0.25) is 9.69 Å². The van der Waals surface area contributed by atoms with Gasteiger partial charge in [0.05, 0.1) is 14.2 Å². The van der Waals surface area contributed by atoms with E-state index >= 15 is 0 Å². The summed E-state index contributed by atoms with van der Waals surface area (Å²) in [5, 5.41) is 10.5. The second-order valence-electron chi connectivity index (χ2n) is 8.95. The highest BCUT2D eigenvalue weighted by Gasteiger charge is 2.23. The van der Waals surface area contributed by atoms with Crippen molar-refractivity contribution >= 4 is 17.1 Å². The monoisotopic (exact) mass is 516 g/mol. The highest BCUT2D eigenvalue weighted by atomic mass is 16.6. The number of methoxy groups -OCH3 is 2. The molecule has 0 radical (unpaired) electrons. The summed E-state index contributed by atoms with van der Waals surface area (Å²) < 4.78 is 21.9. The third-order valence-corrected chi connectivity index (χ3v) is 6.56. The van der Waals surface area contributed by atoms with E-state index in [0.717, 1.165) is 19.6 Å². The summed E-state index contributed by atoms with van der Waals surface area (Å²) >= 11 is 0. The van der Waals surface area contributed by atoms with Crippen LogP contribution in [0.2, 0.25) is 0 Å². The fourth-order valence-electron chi connectivity index (χ4n) is 4.54. The number of piperazine rings is 1. The number of phenols is 1. The molecule has 0 spiro atoms. The van der Waals surface area contributed by atoms with Gasteiger partial charge >= 0.3 is 6.09 Å². The molecule has 0 saturated carbocycles. The van der Waals surface area contributed by atoms with Crippen molar-refractivity contribution in [3.63, 3.8) is 0 Å². The maximum absolute atomic E-state index is 12.8. The molecule has 5 rings (SSSR count). The van der Waals surface area contributed by atoms with Gasteiger partial charge in [0.1, 0.15) is 22.5 Å². The van der Waals surface area contributed by atoms with Crippen molar-refractivity contribution in [2.24, 2.45) is 0 Å². The number of hydrogen-bond donors (Lipinski definition) is 1. The molecule has 9 nitrogen and oxygen atoms in total. The van der Waals surface area contributed by atoms with Gasteiger partial charge in [-0.1, -0.05) is 30.3 Å². The number of nitrogens with zero attached hydrogens (tertiary/aromatic N) is 2. The number of fused-ring (bicyclic) bond motifs is 1. The second-order valence-corrected chi connectivity index (χ2v) is 8.95. The first-order chi connectivity index (χ1) is 18.5. The number of carbonyl (C=O) groups is 1. The Kier molecular flexibility index (Phi) is 7.19. The van der Waals surface area contributed by atoms with E-state index in [4.69, 9.17) is 18.6 Å². The SMILES string of the molecule is COc1cc2oc(-c3ccc(OC(=O)N4CCN(Cc5ccccc5)CC4)cc3)cc(=O)c2c(O)c1OC. The number of benzene rings is 3. The summed E-state index contributed by atoms with van der Waals surface area (Å²) in [7, 11) is 2.80. The first-order valence-electron chi connectivity index (χ1n) is 12.2. The Bertz CT molecular complexity index is 1490. The third kappa shape index (κ3) is 5.14. The van der Waals surface area contributed by atoms with Crippen molar-refractivity contribution in [3.8, 4) is 34.3 Å². The van der Waals surface area contributed by atoms with Crippen LogP contribution in [0.25, 0.3) is 22.3 Å². The van der Waals surface area contributed by atoms with Crippen molar-refractivity contribution in [3.05, 3.63) is 82.5 Å². The van der Waals surface area contributed by atoms with Gasteiger partial charge in [-0.2, -0.15) is 0 Å². The Morgan fingerprint density at radius 3 is 2.32 bits per heavy atom. The normalized spacial score (nSPS) is 13.9. The number of rotatable bonds is 6. The topological polar surface area (TPSA) is 102 Å². The fourth-order valence-corrected chi connectivity index (χ4v) is 4.54. The predicted molar refractivity (Wildman–Crippen MR) is 142 cm³/mol. The molecule has 196 valence electrons. The van der Waals surface area contributed by atoms with Crippen LogP contribution in [-0.2, 0) is 6.54 Å². The molecule has 1 N–H and O–H groups in total. The molecular formula is C29H28N2O7. The molecule has 0 bridgehead atoms. The average molecular weight is 517 g/mol. The Balaban J connectivity index is 1.25. The molecule has 0 aliphatic carbocycles. The van der Waals surface area contributed by atoms with Gasteiger partial charge in [-0.25, -0.2) is 4.79 Å². The van der Waals surface area contributed by atoms with Crippen LogP contribution in [0.3, 0.4) is 0 Å². The minimum atomic E-state index is -0.429. The molecule has 1 saturated heterocycles. The summed E-state index contributed by atoms with van der Waals surface area (Å²) in [5.74, 6) is 0.634. The summed E-state index contributed by atoms with van der Waals surface area (Å²) in [6, 6.07) is 19.8. The number of phenolic OH excluding ortho intramolecular Hbond substituents is 1. The highest BCUT2D eigenvalue weighted by molar-refractivity contribution is 5.89. The van der Waals surface area contributed by atoms with E-state index in [1.54, 1.807) is 29.2 Å². The fraction of sp³-hybridized carbons (Fsp3) is 0.241. The summed E-state index contributed by atoms with van der Waals surface area (Å²) in [6.45, 7) is 3.59. The summed E-state index contributed by atoms with van der Waals surface area (Å²) in [6.07, 6.45) is -0.397. The summed E-state index contributed by atoms with van der Waals surface area (Å²) in [4.78, 5) is 29.5. The molecule has 3 aromatic carbocycles. The number of carbonyl (C=O) groups excluding carboxylic acids is 1. The van der Waals surface area contributed by atoms with Crippen molar-refractivity contribution in [1.29, 1.82) is 0 Å². The van der Waals surface area contributed by atoms with Crippen LogP contribution in [0.15, 0.2) is 75.9 Å². The Hall–Kier alpha value is -4.50. The zero-order valence-corrected chi connectivity index (χ0v) is 21.2. The van der Waals surface area contributed by atoms with E-state index in [0.29, 0.717) is 30.2 Å². The van der Waals surface area contributed by atoms with Gasteiger partial charge in [-0.05, 0) is 29.8 Å². The standard InChI is InChI=1S/C29H28N2O7/c1-35-25-17-24-26(27(33)28(25)36-2)22(32)16-23(38-24)20-8-10-21(11-9-20)37-29(34)31-14-12-30(13-15-31)18-19-6-4-3-5-7-19/h3-11,16-17,33H,12-15,18H2,1-2H3. The lowest BCUT2D eigenvalue weighted by atomic mass is 10.1. The average Bonchev–Trinajstić information content (AvgIpc) is 2.94. The van der Waals surface area contributed by atoms with E-state index in [9.17, 15) is 14.7 Å². The van der Waals surface area contributed by atoms with Crippen LogP contribution in [0.5, 0.6) is 23.0 Å². The van der Waals surface area contributed by atoms with Gasteiger partial charge < -0.3 is 28.6 Å². The lowest BCUT2D eigenvalue weighted by Gasteiger charge is -2.34. The molecule has 1 aliphatic heterocycles. The van der Waals surface area contributed by atoms with Crippen molar-refractivity contribution in [2.75, 3.05) is 40.4 Å². The smallest absolute Gasteiger partial charge is 0.415 e. The molecule has 38 heavy (non-hydrogen) atoms. The molecule has 9 heteroatoms. The molecule has 0 atom stereocenters. The maximum Gasteiger partial charge on any atom is 0.415 e. The van der Waals surface area contributed by atoms with Crippen LogP contribution >= 0.6 is 0 Å². The number of hydrogen-bond acceptors (Lipinski definition) is 8. The first kappa shape index (κ1) is 25.2. The van der Waals surface area contributed by atoms with Crippen molar-refractivity contribution in [2.45, 2.75) is 6.54 Å². The molecule has 0 unspecified atom stereocenters. The maximum atomic E-state index is 12.8. The molecule has 1 fully saturated rings. The zero-order chi connectivity index (χ0) is 26.6. The lowest BCUT2D eigenvalue weighted by Crippen LogP contribution is -2.49. The zero-order valence-electron chi connectivity index (χ0n) is 21.2. The Morgan fingerprint density at radius 2 is 1.66 bits per heavy atom. The molecule has 4 aromatic rings. The van der Waals surface area contributed by atoms with E-state index in [-0.39, 0.29) is 28.2 Å². The van der Waals surface area contributed by atoms with Gasteiger partial charge in [0.15, 0.2) is 16.9 Å². The number of amides is 1. The van der Waals surface area contributed by atoms with Gasteiger partial charge in [-0.15, -0.1) is 0 Å². The second kappa shape index (κ2) is 10.9. The van der Waals surface area contributed by atoms with E-state index in [1.165, 1.54) is 31.9 Å². The Labute approximate surface area is 219 Å². The van der Waals surface area contributed by atoms with Crippen LogP contribution in [0, 0.1) is 0 Å². The molecule has 1 aromatic heterocycles. The van der Waals surface area contributed by atoms with E-state index < -0.39 is 11.5 Å². The highest BCUT2D eigenvalue weighted by Crippen LogP contribution is 2.42. The summed E-state index contributed by atoms with van der Waals surface area (Å²) in [5.41, 5.74) is 1.58. The van der Waals surface area contributed by atoms with Crippen LogP contribution in [-0.4, -0.2) is 61.4 Å². The lowest BCUT2D eigenvalue weighted by molar-refractivity contribution is 0.108. The quantitative estimate of drug-likeness (QED) is 0.400. The van der Waals surface area contributed by atoms with Crippen molar-refractivity contribution in [1.82, 2.24) is 9.80 Å². The van der Waals surface area contributed by atoms with E-state index in [2.05, 4.69) is 17.0 Å². The van der Waals surface area contributed by atoms with Crippen LogP contribution in [0.1, 0.15) is 5.56 Å². The predicted octanol–water partition coefficient (Wildman–Crippen LogP) is 4.50. The minimum absolute atomic E-state index is 0.000755.